The number of carbonyl (C=O) groups is 2. The SMILES string of the molecule is COCCN(C)C(=O)C[C@@H]1C(=O)NCCN1Cc1cccc(F)c1. The largest absolute Gasteiger partial charge is 0.383 e. The molecule has 1 aliphatic rings. The Morgan fingerprint density at radius 3 is 3.00 bits per heavy atom. The number of benzene rings is 1. The number of likely N-dealkylation sites (N-methyl/N-ethyl adjacent to an activating group) is 1. The highest BCUT2D eigenvalue weighted by atomic mass is 19.1. The molecule has 1 heterocycles. The molecule has 0 aliphatic carbocycles. The van der Waals surface area contributed by atoms with E-state index in [1.165, 1.54) is 12.1 Å². The van der Waals surface area contributed by atoms with Gasteiger partial charge in [0.25, 0.3) is 0 Å². The summed E-state index contributed by atoms with van der Waals surface area (Å²) in [4.78, 5) is 28.0. The fraction of sp³-hybridized carbons (Fsp3) is 0.529. The number of piperazine rings is 1. The van der Waals surface area contributed by atoms with E-state index in [0.717, 1.165) is 5.56 Å². The Morgan fingerprint density at radius 1 is 1.50 bits per heavy atom. The summed E-state index contributed by atoms with van der Waals surface area (Å²) in [7, 11) is 3.27. The van der Waals surface area contributed by atoms with Gasteiger partial charge in [-0.3, -0.25) is 14.5 Å². The van der Waals surface area contributed by atoms with Crippen molar-refractivity contribution in [1.29, 1.82) is 0 Å². The van der Waals surface area contributed by atoms with E-state index in [2.05, 4.69) is 5.32 Å². The highest BCUT2D eigenvalue weighted by Gasteiger charge is 2.32. The van der Waals surface area contributed by atoms with E-state index in [1.807, 2.05) is 11.0 Å². The topological polar surface area (TPSA) is 61.9 Å². The van der Waals surface area contributed by atoms with Crippen LogP contribution >= 0.6 is 0 Å². The van der Waals surface area contributed by atoms with E-state index in [4.69, 9.17) is 4.74 Å². The van der Waals surface area contributed by atoms with Crippen LogP contribution in [0.3, 0.4) is 0 Å². The molecule has 2 amide bonds. The fourth-order valence-electron chi connectivity index (χ4n) is 2.72. The molecule has 1 fully saturated rings. The van der Waals surface area contributed by atoms with Gasteiger partial charge in [0, 0.05) is 40.3 Å². The summed E-state index contributed by atoms with van der Waals surface area (Å²) in [6.45, 7) is 2.52. The predicted octanol–water partition coefficient (Wildman–Crippen LogP) is 0.621. The van der Waals surface area contributed by atoms with E-state index < -0.39 is 6.04 Å². The van der Waals surface area contributed by atoms with Crippen molar-refractivity contribution in [3.05, 3.63) is 35.6 Å². The molecule has 6 nitrogen and oxygen atoms in total. The molecule has 1 atom stereocenters. The van der Waals surface area contributed by atoms with E-state index >= 15 is 0 Å². The van der Waals surface area contributed by atoms with E-state index in [1.54, 1.807) is 25.1 Å². The molecule has 0 saturated carbocycles. The first-order chi connectivity index (χ1) is 11.5. The highest BCUT2D eigenvalue weighted by Crippen LogP contribution is 2.15. The summed E-state index contributed by atoms with van der Waals surface area (Å²) >= 11 is 0. The van der Waals surface area contributed by atoms with Gasteiger partial charge < -0.3 is 15.0 Å². The van der Waals surface area contributed by atoms with Gasteiger partial charge in [0.15, 0.2) is 0 Å². The smallest absolute Gasteiger partial charge is 0.237 e. The number of nitrogens with zero attached hydrogens (tertiary/aromatic N) is 2. The zero-order valence-corrected chi connectivity index (χ0v) is 14.1. The summed E-state index contributed by atoms with van der Waals surface area (Å²) in [5.74, 6) is -0.578. The average Bonchev–Trinajstić information content (AvgIpc) is 2.55. The van der Waals surface area contributed by atoms with Gasteiger partial charge in [-0.15, -0.1) is 0 Å². The van der Waals surface area contributed by atoms with Crippen molar-refractivity contribution in [2.24, 2.45) is 0 Å². The van der Waals surface area contributed by atoms with Crippen LogP contribution in [0.5, 0.6) is 0 Å². The minimum absolute atomic E-state index is 0.0986. The Kier molecular flexibility index (Phi) is 6.69. The molecule has 24 heavy (non-hydrogen) atoms. The minimum Gasteiger partial charge on any atom is -0.383 e. The lowest BCUT2D eigenvalue weighted by molar-refractivity contribution is -0.138. The third-order valence-electron chi connectivity index (χ3n) is 4.14. The second-order valence-electron chi connectivity index (χ2n) is 5.92. The first kappa shape index (κ1) is 18.4. The van der Waals surface area contributed by atoms with Crippen molar-refractivity contribution in [1.82, 2.24) is 15.1 Å². The molecule has 0 radical (unpaired) electrons. The second-order valence-corrected chi connectivity index (χ2v) is 5.92. The van der Waals surface area contributed by atoms with E-state index in [0.29, 0.717) is 32.8 Å². The van der Waals surface area contributed by atoms with Crippen molar-refractivity contribution in [3.63, 3.8) is 0 Å². The van der Waals surface area contributed by atoms with Crippen LogP contribution in [-0.2, 0) is 20.9 Å². The van der Waals surface area contributed by atoms with Crippen LogP contribution in [0.1, 0.15) is 12.0 Å². The van der Waals surface area contributed by atoms with Gasteiger partial charge in [-0.05, 0) is 17.7 Å². The van der Waals surface area contributed by atoms with E-state index in [-0.39, 0.29) is 24.1 Å². The molecule has 2 rings (SSSR count). The number of hydrogen-bond acceptors (Lipinski definition) is 4. The molecule has 1 N–H and O–H groups in total. The second kappa shape index (κ2) is 8.75. The first-order valence-electron chi connectivity index (χ1n) is 8.00. The van der Waals surface area contributed by atoms with Crippen molar-refractivity contribution < 1.29 is 18.7 Å². The number of halogens is 1. The van der Waals surface area contributed by atoms with Gasteiger partial charge >= 0.3 is 0 Å². The number of methoxy groups -OCH3 is 1. The van der Waals surface area contributed by atoms with Crippen LogP contribution in [0, 0.1) is 5.82 Å². The monoisotopic (exact) mass is 337 g/mol. The number of rotatable bonds is 7. The van der Waals surface area contributed by atoms with Crippen LogP contribution in [-0.4, -0.2) is 68.1 Å². The van der Waals surface area contributed by atoms with Gasteiger partial charge in [-0.25, -0.2) is 4.39 Å². The molecule has 1 aliphatic heterocycles. The van der Waals surface area contributed by atoms with Crippen LogP contribution < -0.4 is 5.32 Å². The molecule has 132 valence electrons. The lowest BCUT2D eigenvalue weighted by Gasteiger charge is -2.35. The number of amides is 2. The Hall–Kier alpha value is -1.99. The van der Waals surface area contributed by atoms with Gasteiger partial charge in [0.1, 0.15) is 5.82 Å². The predicted molar refractivity (Wildman–Crippen MR) is 87.7 cm³/mol. The summed E-state index contributed by atoms with van der Waals surface area (Å²) in [6.07, 6.45) is 0.0986. The third-order valence-corrected chi connectivity index (χ3v) is 4.14. The molecule has 7 heteroatoms. The maximum Gasteiger partial charge on any atom is 0.237 e. The van der Waals surface area contributed by atoms with Crippen LogP contribution in [0.15, 0.2) is 24.3 Å². The Bertz CT molecular complexity index is 582. The van der Waals surface area contributed by atoms with E-state index in [9.17, 15) is 14.0 Å². The van der Waals surface area contributed by atoms with Crippen molar-refractivity contribution in [2.45, 2.75) is 19.0 Å². The number of carbonyl (C=O) groups excluding carboxylic acids is 2. The van der Waals surface area contributed by atoms with Crippen LogP contribution in [0.25, 0.3) is 0 Å². The van der Waals surface area contributed by atoms with Crippen LogP contribution in [0.4, 0.5) is 4.39 Å². The third kappa shape index (κ3) is 5.01. The normalized spacial score (nSPS) is 18.3. The maximum absolute atomic E-state index is 13.4. The first-order valence-corrected chi connectivity index (χ1v) is 8.00. The fourth-order valence-corrected chi connectivity index (χ4v) is 2.72. The zero-order valence-electron chi connectivity index (χ0n) is 14.1. The molecule has 1 saturated heterocycles. The minimum atomic E-state index is -0.542. The van der Waals surface area contributed by atoms with Gasteiger partial charge in [-0.1, -0.05) is 12.1 Å². The van der Waals surface area contributed by atoms with Gasteiger partial charge in [0.05, 0.1) is 19.1 Å². The molecular formula is C17H24FN3O3. The average molecular weight is 337 g/mol. The lowest BCUT2D eigenvalue weighted by Crippen LogP contribution is -2.56. The standard InChI is InChI=1S/C17H24FN3O3/c1-20(8-9-24-2)16(22)11-15-17(23)19-6-7-21(15)12-13-4-3-5-14(18)10-13/h3-5,10,15H,6-9,11-12H2,1-2H3,(H,19,23)/t15-/m1/s1. The Morgan fingerprint density at radius 2 is 2.29 bits per heavy atom. The van der Waals surface area contributed by atoms with Crippen molar-refractivity contribution in [3.8, 4) is 0 Å². The van der Waals surface area contributed by atoms with Crippen LogP contribution in [0.2, 0.25) is 0 Å². The van der Waals surface area contributed by atoms with Crippen molar-refractivity contribution in [2.75, 3.05) is 40.4 Å². The molecule has 0 aromatic heterocycles. The summed E-state index contributed by atoms with van der Waals surface area (Å²) in [5.41, 5.74) is 0.787. The maximum atomic E-state index is 13.4. The van der Waals surface area contributed by atoms with Crippen molar-refractivity contribution >= 4 is 11.8 Å². The highest BCUT2D eigenvalue weighted by molar-refractivity contribution is 5.88. The molecule has 1 aromatic carbocycles. The molecule has 1 aromatic rings. The molecule has 0 spiro atoms. The number of ether oxygens (including phenoxy) is 1. The lowest BCUT2D eigenvalue weighted by atomic mass is 10.1. The quantitative estimate of drug-likeness (QED) is 0.792. The number of nitrogens with one attached hydrogen (secondary N) is 1. The number of hydrogen-bond donors (Lipinski definition) is 1. The Labute approximate surface area is 141 Å². The summed E-state index contributed by atoms with van der Waals surface area (Å²) in [6, 6.07) is 5.76. The Balaban J connectivity index is 2.03. The van der Waals surface area contributed by atoms with Gasteiger partial charge in [-0.2, -0.15) is 0 Å². The zero-order chi connectivity index (χ0) is 17.5. The molecular weight excluding hydrogens is 313 g/mol. The molecule has 0 bridgehead atoms. The summed E-state index contributed by atoms with van der Waals surface area (Å²) in [5, 5.41) is 2.80. The summed E-state index contributed by atoms with van der Waals surface area (Å²) < 4.78 is 18.3. The van der Waals surface area contributed by atoms with Gasteiger partial charge in [0.2, 0.25) is 11.8 Å². The molecule has 0 unspecified atom stereocenters.